The molecule has 0 amide bonds. The second kappa shape index (κ2) is 5.97. The van der Waals surface area contributed by atoms with Crippen molar-refractivity contribution in [2.24, 2.45) is 0 Å². The molecule has 0 aliphatic heterocycles. The van der Waals surface area contributed by atoms with Crippen LogP contribution < -0.4 is 0 Å². The lowest BCUT2D eigenvalue weighted by molar-refractivity contribution is 0.669. The first-order valence-electron chi connectivity index (χ1n) is 8.30. The Labute approximate surface area is 154 Å². The second-order valence-corrected chi connectivity index (χ2v) is 6.42. The zero-order valence-electron chi connectivity index (χ0n) is 13.7. The molecule has 4 heteroatoms. The van der Waals surface area contributed by atoms with Crippen LogP contribution in [-0.4, -0.2) is 9.97 Å². The first-order valence-corrected chi connectivity index (χ1v) is 8.67. The van der Waals surface area contributed by atoms with Crippen LogP contribution in [0.5, 0.6) is 0 Å². The smallest absolute Gasteiger partial charge is 0.223 e. The van der Waals surface area contributed by atoms with E-state index < -0.39 is 0 Å². The molecule has 0 saturated heterocycles. The Morgan fingerprint density at radius 2 is 1.31 bits per heavy atom. The molecular formula is C22H13ClN2O. The molecular weight excluding hydrogens is 344 g/mol. The molecule has 0 atom stereocenters. The summed E-state index contributed by atoms with van der Waals surface area (Å²) in [5.41, 5.74) is 5.22. The molecule has 5 aromatic rings. The summed E-state index contributed by atoms with van der Waals surface area (Å²) in [5.74, 6) is 0. The molecule has 0 aliphatic carbocycles. The van der Waals surface area contributed by atoms with Crippen molar-refractivity contribution in [1.29, 1.82) is 0 Å². The highest BCUT2D eigenvalue weighted by molar-refractivity contribution is 6.28. The monoisotopic (exact) mass is 356 g/mol. The number of hydrogen-bond acceptors (Lipinski definition) is 3. The van der Waals surface area contributed by atoms with Gasteiger partial charge in [0.05, 0.1) is 11.4 Å². The van der Waals surface area contributed by atoms with Crippen LogP contribution >= 0.6 is 11.6 Å². The summed E-state index contributed by atoms with van der Waals surface area (Å²) in [6.45, 7) is 0. The van der Waals surface area contributed by atoms with Gasteiger partial charge in [-0.15, -0.1) is 0 Å². The van der Waals surface area contributed by atoms with Gasteiger partial charge in [-0.2, -0.15) is 0 Å². The van der Waals surface area contributed by atoms with Crippen molar-refractivity contribution >= 4 is 33.5 Å². The molecule has 26 heavy (non-hydrogen) atoms. The van der Waals surface area contributed by atoms with Crippen molar-refractivity contribution in [2.75, 3.05) is 0 Å². The largest absolute Gasteiger partial charge is 0.456 e. The molecule has 2 heterocycles. The van der Waals surface area contributed by atoms with E-state index in [2.05, 4.69) is 22.1 Å². The summed E-state index contributed by atoms with van der Waals surface area (Å²) in [6.07, 6.45) is 0. The second-order valence-electron chi connectivity index (χ2n) is 6.08. The number of nitrogens with zero attached hydrogens (tertiary/aromatic N) is 2. The first-order chi connectivity index (χ1) is 12.8. The van der Waals surface area contributed by atoms with E-state index in [9.17, 15) is 0 Å². The van der Waals surface area contributed by atoms with Gasteiger partial charge in [0, 0.05) is 21.9 Å². The van der Waals surface area contributed by atoms with E-state index in [0.29, 0.717) is 0 Å². The van der Waals surface area contributed by atoms with Gasteiger partial charge >= 0.3 is 0 Å². The van der Waals surface area contributed by atoms with Crippen molar-refractivity contribution < 1.29 is 4.42 Å². The highest BCUT2D eigenvalue weighted by atomic mass is 35.5. The molecule has 0 spiro atoms. The highest BCUT2D eigenvalue weighted by Crippen LogP contribution is 2.32. The minimum atomic E-state index is 0.228. The molecule has 0 bridgehead atoms. The van der Waals surface area contributed by atoms with Crippen LogP contribution in [0.4, 0.5) is 0 Å². The van der Waals surface area contributed by atoms with Crippen LogP contribution in [0.25, 0.3) is 44.5 Å². The van der Waals surface area contributed by atoms with Gasteiger partial charge in [-0.25, -0.2) is 9.97 Å². The lowest BCUT2D eigenvalue weighted by Crippen LogP contribution is -1.91. The average Bonchev–Trinajstić information content (AvgIpc) is 3.06. The minimum Gasteiger partial charge on any atom is -0.456 e. The fourth-order valence-electron chi connectivity index (χ4n) is 3.21. The Bertz CT molecular complexity index is 1250. The van der Waals surface area contributed by atoms with Crippen LogP contribution in [0.3, 0.4) is 0 Å². The number of aromatic nitrogens is 2. The maximum Gasteiger partial charge on any atom is 0.223 e. The summed E-state index contributed by atoms with van der Waals surface area (Å²) in [6, 6.07) is 26.0. The van der Waals surface area contributed by atoms with Crippen LogP contribution in [0.2, 0.25) is 5.28 Å². The predicted octanol–water partition coefficient (Wildman–Crippen LogP) is 6.36. The van der Waals surface area contributed by atoms with Crippen molar-refractivity contribution in [2.45, 2.75) is 0 Å². The molecule has 0 unspecified atom stereocenters. The van der Waals surface area contributed by atoms with Gasteiger partial charge in [-0.1, -0.05) is 54.6 Å². The molecule has 3 nitrogen and oxygen atoms in total. The summed E-state index contributed by atoms with van der Waals surface area (Å²) in [5, 5.41) is 2.43. The molecule has 2 aromatic heterocycles. The topological polar surface area (TPSA) is 38.9 Å². The van der Waals surface area contributed by atoms with Gasteiger partial charge in [0.15, 0.2) is 0 Å². The molecule has 5 rings (SSSR count). The molecule has 0 N–H and O–H groups in total. The third kappa shape index (κ3) is 2.54. The minimum absolute atomic E-state index is 0.228. The van der Waals surface area contributed by atoms with Gasteiger partial charge in [-0.3, -0.25) is 0 Å². The van der Waals surface area contributed by atoms with Crippen LogP contribution in [0.15, 0.2) is 83.3 Å². The number of fused-ring (bicyclic) bond motifs is 3. The van der Waals surface area contributed by atoms with E-state index in [-0.39, 0.29) is 5.28 Å². The number of hydrogen-bond donors (Lipinski definition) is 0. The lowest BCUT2D eigenvalue weighted by Gasteiger charge is -2.06. The standard InChI is InChI=1S/C22H13ClN2O/c23-22-24-18(14-6-2-1-3-7-14)13-19(25-22)15-10-11-17-16-8-4-5-9-20(16)26-21(17)12-15/h1-13H. The maximum absolute atomic E-state index is 6.19. The van der Waals surface area contributed by atoms with E-state index in [1.54, 1.807) is 0 Å². The lowest BCUT2D eigenvalue weighted by atomic mass is 10.1. The fourth-order valence-corrected chi connectivity index (χ4v) is 3.39. The molecule has 0 radical (unpaired) electrons. The van der Waals surface area contributed by atoms with E-state index in [1.165, 1.54) is 0 Å². The Morgan fingerprint density at radius 3 is 2.15 bits per heavy atom. The van der Waals surface area contributed by atoms with Crippen molar-refractivity contribution in [3.05, 3.63) is 84.1 Å². The number of para-hydroxylation sites is 1. The summed E-state index contributed by atoms with van der Waals surface area (Å²) in [4.78, 5) is 8.76. The Morgan fingerprint density at radius 1 is 0.615 bits per heavy atom. The Hall–Kier alpha value is -3.17. The molecule has 0 fully saturated rings. The van der Waals surface area contributed by atoms with Gasteiger partial charge < -0.3 is 4.42 Å². The van der Waals surface area contributed by atoms with E-state index in [4.69, 9.17) is 16.0 Å². The Kier molecular flexibility index (Phi) is 3.47. The van der Waals surface area contributed by atoms with Crippen LogP contribution in [0, 0.1) is 0 Å². The van der Waals surface area contributed by atoms with Crippen molar-refractivity contribution in [3.63, 3.8) is 0 Å². The number of furan rings is 1. The van der Waals surface area contributed by atoms with Crippen LogP contribution in [-0.2, 0) is 0 Å². The molecule has 0 saturated carbocycles. The average molecular weight is 357 g/mol. The van der Waals surface area contributed by atoms with Gasteiger partial charge in [0.25, 0.3) is 0 Å². The third-order valence-electron chi connectivity index (χ3n) is 4.44. The van der Waals surface area contributed by atoms with Crippen molar-refractivity contribution in [1.82, 2.24) is 9.97 Å². The van der Waals surface area contributed by atoms with Gasteiger partial charge in [0.2, 0.25) is 5.28 Å². The Balaban J connectivity index is 1.67. The molecule has 0 aliphatic rings. The number of rotatable bonds is 2. The van der Waals surface area contributed by atoms with E-state index >= 15 is 0 Å². The van der Waals surface area contributed by atoms with E-state index in [1.807, 2.05) is 66.7 Å². The summed E-state index contributed by atoms with van der Waals surface area (Å²) in [7, 11) is 0. The van der Waals surface area contributed by atoms with Crippen LogP contribution in [0.1, 0.15) is 0 Å². The van der Waals surface area contributed by atoms with Gasteiger partial charge in [-0.05, 0) is 35.9 Å². The summed E-state index contributed by atoms with van der Waals surface area (Å²) >= 11 is 6.19. The highest BCUT2D eigenvalue weighted by Gasteiger charge is 2.11. The van der Waals surface area contributed by atoms with E-state index in [0.717, 1.165) is 44.5 Å². The molecule has 3 aromatic carbocycles. The number of benzene rings is 3. The molecule has 124 valence electrons. The fraction of sp³-hybridized carbons (Fsp3) is 0. The normalized spacial score (nSPS) is 11.3. The predicted molar refractivity (Wildman–Crippen MR) is 105 cm³/mol. The number of halogens is 1. The summed E-state index contributed by atoms with van der Waals surface area (Å²) < 4.78 is 5.98. The zero-order valence-corrected chi connectivity index (χ0v) is 14.4. The SMILES string of the molecule is Clc1nc(-c2ccccc2)cc(-c2ccc3c(c2)oc2ccccc23)n1. The quantitative estimate of drug-likeness (QED) is 0.345. The van der Waals surface area contributed by atoms with Crippen molar-refractivity contribution in [3.8, 4) is 22.5 Å². The van der Waals surface area contributed by atoms with Gasteiger partial charge in [0.1, 0.15) is 11.2 Å². The first kappa shape index (κ1) is 15.1. The third-order valence-corrected chi connectivity index (χ3v) is 4.61. The maximum atomic E-state index is 6.19. The zero-order chi connectivity index (χ0) is 17.5.